The summed E-state index contributed by atoms with van der Waals surface area (Å²) in [4.78, 5) is 5.16. The Morgan fingerprint density at radius 2 is 1.59 bits per heavy atom. The van der Waals surface area contributed by atoms with Crippen LogP contribution >= 0.6 is 0 Å². The van der Waals surface area contributed by atoms with Crippen molar-refractivity contribution >= 4 is 39.4 Å². The second-order valence-electron chi connectivity index (χ2n) is 8.77. The second kappa shape index (κ2) is 5.82. The third kappa shape index (κ3) is 2.04. The number of hydrogen-bond donors (Lipinski definition) is 0. The predicted molar refractivity (Wildman–Crippen MR) is 121 cm³/mol. The van der Waals surface area contributed by atoms with Crippen molar-refractivity contribution in [3.63, 3.8) is 0 Å². The van der Waals surface area contributed by atoms with Gasteiger partial charge in [0.1, 0.15) is 11.1 Å². The number of benzene rings is 2. The molecule has 2 aliphatic rings. The van der Waals surface area contributed by atoms with Gasteiger partial charge in [0, 0.05) is 18.0 Å². The van der Waals surface area contributed by atoms with E-state index in [1.54, 1.807) is 0 Å². The minimum Gasteiger partial charge on any atom is -0.278 e. The zero-order chi connectivity index (χ0) is 19.8. The van der Waals surface area contributed by atoms with E-state index in [1.165, 1.54) is 65.6 Å². The molecule has 0 unspecified atom stereocenters. The van der Waals surface area contributed by atoms with E-state index in [0.29, 0.717) is 0 Å². The number of nitrogens with zero attached hydrogens (tertiary/aromatic N) is 4. The molecule has 4 aromatic rings. The average molecular weight is 384 g/mol. The molecule has 0 N–H and O–H groups in total. The molecule has 1 aliphatic carbocycles. The Morgan fingerprint density at radius 3 is 2.34 bits per heavy atom. The zero-order valence-electron chi connectivity index (χ0n) is 17.4. The standard InChI is InChI=1S/C25H27N4/c1-17-19-11-5-7-13-21(19)27(3)23(17)28-18(2)25(15-9-4-10-16-25)29-22-14-8-6-12-20(22)26-24(28)29/h5-8,11-14H,4,9-10,15-16H2,1-3H3/q+1. The van der Waals surface area contributed by atoms with Gasteiger partial charge in [-0.15, -0.1) is 4.98 Å². The van der Waals surface area contributed by atoms with Crippen LogP contribution in [0.15, 0.2) is 48.5 Å². The maximum atomic E-state index is 5.16. The summed E-state index contributed by atoms with van der Waals surface area (Å²) in [5.74, 6) is 2.34. The fourth-order valence-electron chi connectivity index (χ4n) is 5.97. The Hall–Kier alpha value is -2.88. The summed E-state index contributed by atoms with van der Waals surface area (Å²) >= 11 is 0. The monoisotopic (exact) mass is 383 g/mol. The van der Waals surface area contributed by atoms with E-state index in [4.69, 9.17) is 4.98 Å². The summed E-state index contributed by atoms with van der Waals surface area (Å²) < 4.78 is 7.37. The maximum Gasteiger partial charge on any atom is 0.360 e. The lowest BCUT2D eigenvalue weighted by molar-refractivity contribution is 0.298. The van der Waals surface area contributed by atoms with Gasteiger partial charge < -0.3 is 0 Å². The van der Waals surface area contributed by atoms with Crippen LogP contribution in [0.5, 0.6) is 0 Å². The molecule has 2 aromatic carbocycles. The van der Waals surface area contributed by atoms with Crippen LogP contribution in [0.1, 0.15) is 44.6 Å². The minimum atomic E-state index is 0.0482. The third-order valence-corrected chi connectivity index (χ3v) is 7.40. The van der Waals surface area contributed by atoms with Gasteiger partial charge in [-0.25, -0.2) is 4.57 Å². The SMILES string of the molecule is CC1=[N+](c2c(C)c3ccccc3n2C)c2nc3ccccc3n2C12CCCCC2. The first-order valence-corrected chi connectivity index (χ1v) is 10.8. The highest BCUT2D eigenvalue weighted by atomic mass is 15.4. The van der Waals surface area contributed by atoms with E-state index in [0.717, 1.165) is 11.5 Å². The molecular formula is C25H27N4+. The first-order chi connectivity index (χ1) is 14.1. The summed E-state index contributed by atoms with van der Waals surface area (Å²) in [6.07, 6.45) is 6.30. The molecule has 1 fully saturated rings. The van der Waals surface area contributed by atoms with Crippen molar-refractivity contribution < 1.29 is 0 Å². The number of fused-ring (bicyclic) bond motifs is 5. The van der Waals surface area contributed by atoms with Crippen LogP contribution in [0.25, 0.3) is 21.9 Å². The van der Waals surface area contributed by atoms with Crippen LogP contribution in [-0.4, -0.2) is 19.8 Å². The topological polar surface area (TPSA) is 25.8 Å². The van der Waals surface area contributed by atoms with Crippen LogP contribution in [0.2, 0.25) is 0 Å². The fraction of sp³-hybridized carbons (Fsp3) is 0.360. The Morgan fingerprint density at radius 1 is 0.897 bits per heavy atom. The molecular weight excluding hydrogens is 356 g/mol. The lowest BCUT2D eigenvalue weighted by atomic mass is 9.78. The van der Waals surface area contributed by atoms with Gasteiger partial charge in [0.05, 0.1) is 11.2 Å². The lowest BCUT2D eigenvalue weighted by Crippen LogP contribution is -2.40. The molecule has 4 nitrogen and oxygen atoms in total. The molecule has 1 aliphatic heterocycles. The summed E-state index contributed by atoms with van der Waals surface area (Å²) in [6.45, 7) is 4.59. The Labute approximate surface area is 171 Å². The van der Waals surface area contributed by atoms with E-state index < -0.39 is 0 Å². The molecule has 1 saturated carbocycles. The van der Waals surface area contributed by atoms with Crippen molar-refractivity contribution in [3.8, 4) is 0 Å². The first-order valence-electron chi connectivity index (χ1n) is 10.8. The Kier molecular flexibility index (Phi) is 3.41. The van der Waals surface area contributed by atoms with E-state index in [2.05, 4.69) is 83.1 Å². The largest absolute Gasteiger partial charge is 0.360 e. The summed E-state index contributed by atoms with van der Waals surface area (Å²) in [6, 6.07) is 17.4. The molecule has 6 rings (SSSR count). The number of aromatic nitrogens is 3. The van der Waals surface area contributed by atoms with E-state index in [9.17, 15) is 0 Å². The molecule has 0 saturated heterocycles. The van der Waals surface area contributed by atoms with Crippen molar-refractivity contribution in [1.82, 2.24) is 18.7 Å². The lowest BCUT2D eigenvalue weighted by Gasteiger charge is -2.33. The number of rotatable bonds is 1. The molecule has 0 bridgehead atoms. The van der Waals surface area contributed by atoms with E-state index in [1.807, 2.05) is 0 Å². The number of para-hydroxylation sites is 3. The highest BCUT2D eigenvalue weighted by Gasteiger charge is 2.51. The first kappa shape index (κ1) is 17.0. The maximum absolute atomic E-state index is 5.16. The van der Waals surface area contributed by atoms with Gasteiger partial charge in [-0.1, -0.05) is 36.8 Å². The normalized spacial score (nSPS) is 18.3. The molecule has 2 aromatic heterocycles. The predicted octanol–water partition coefficient (Wildman–Crippen LogP) is 5.81. The molecule has 29 heavy (non-hydrogen) atoms. The fourth-order valence-corrected chi connectivity index (χ4v) is 5.97. The van der Waals surface area contributed by atoms with E-state index >= 15 is 0 Å². The van der Waals surface area contributed by atoms with Gasteiger partial charge in [0.2, 0.25) is 5.82 Å². The highest BCUT2D eigenvalue weighted by Crippen LogP contribution is 2.47. The van der Waals surface area contributed by atoms with E-state index in [-0.39, 0.29) is 5.54 Å². The average Bonchev–Trinajstić information content (AvgIpc) is 3.33. The molecule has 3 heterocycles. The molecule has 146 valence electrons. The van der Waals surface area contributed by atoms with Gasteiger partial charge in [0.25, 0.3) is 0 Å². The van der Waals surface area contributed by atoms with Crippen molar-refractivity contribution in [3.05, 3.63) is 54.1 Å². The molecule has 4 heteroatoms. The van der Waals surface area contributed by atoms with Crippen LogP contribution in [0.3, 0.4) is 0 Å². The van der Waals surface area contributed by atoms with Crippen molar-refractivity contribution in [2.24, 2.45) is 7.05 Å². The zero-order valence-corrected chi connectivity index (χ0v) is 17.4. The van der Waals surface area contributed by atoms with Crippen LogP contribution in [0, 0.1) is 6.92 Å². The minimum absolute atomic E-state index is 0.0482. The number of aryl methyl sites for hydroxylation is 2. The quantitative estimate of drug-likeness (QED) is 0.381. The molecule has 0 atom stereocenters. The van der Waals surface area contributed by atoms with Crippen LogP contribution in [0.4, 0.5) is 11.8 Å². The van der Waals surface area contributed by atoms with Gasteiger partial charge in [-0.2, -0.15) is 4.58 Å². The van der Waals surface area contributed by atoms with Crippen molar-refractivity contribution in [1.29, 1.82) is 0 Å². The van der Waals surface area contributed by atoms with Crippen molar-refractivity contribution in [2.45, 2.75) is 51.5 Å². The number of imidazole rings is 1. The van der Waals surface area contributed by atoms with Crippen LogP contribution < -0.4 is 4.58 Å². The van der Waals surface area contributed by atoms with Gasteiger partial charge in [0.15, 0.2) is 5.52 Å². The van der Waals surface area contributed by atoms with Crippen LogP contribution in [-0.2, 0) is 12.6 Å². The smallest absolute Gasteiger partial charge is 0.278 e. The Balaban J connectivity index is 1.73. The Bertz CT molecular complexity index is 1270. The molecule has 0 radical (unpaired) electrons. The van der Waals surface area contributed by atoms with Gasteiger partial charge >= 0.3 is 5.95 Å². The van der Waals surface area contributed by atoms with Gasteiger partial charge in [-0.05, 0) is 57.7 Å². The highest BCUT2D eigenvalue weighted by molar-refractivity contribution is 6.02. The summed E-state index contributed by atoms with van der Waals surface area (Å²) in [5, 5.41) is 1.32. The van der Waals surface area contributed by atoms with Crippen molar-refractivity contribution in [2.75, 3.05) is 0 Å². The molecule has 1 spiro atoms. The summed E-state index contributed by atoms with van der Waals surface area (Å²) in [5.41, 5.74) is 6.45. The summed E-state index contributed by atoms with van der Waals surface area (Å²) in [7, 11) is 2.19. The van der Waals surface area contributed by atoms with Gasteiger partial charge in [-0.3, -0.25) is 4.57 Å². The second-order valence-corrected chi connectivity index (χ2v) is 8.77. The molecule has 0 amide bonds. The third-order valence-electron chi connectivity index (χ3n) is 7.40. The number of hydrogen-bond acceptors (Lipinski definition) is 1.